The maximum atomic E-state index is 9.08. The van der Waals surface area contributed by atoms with Gasteiger partial charge in [-0.3, -0.25) is 0 Å². The third-order valence-corrected chi connectivity index (χ3v) is 2.42. The minimum Gasteiger partial charge on any atom is -0.389 e. The molecule has 4 unspecified atom stereocenters. The summed E-state index contributed by atoms with van der Waals surface area (Å²) < 4.78 is 4.67. The Morgan fingerprint density at radius 1 is 1.30 bits per heavy atom. The lowest BCUT2D eigenvalue weighted by atomic mass is 10.1. The summed E-state index contributed by atoms with van der Waals surface area (Å²) >= 11 is 2.97. The minimum atomic E-state index is -1.03. The van der Waals surface area contributed by atoms with Crippen LogP contribution in [-0.4, -0.2) is 45.3 Å². The van der Waals surface area contributed by atoms with Crippen molar-refractivity contribution in [2.24, 2.45) is 0 Å². The van der Waals surface area contributed by atoms with E-state index in [1.807, 2.05) is 0 Å². The van der Waals surface area contributed by atoms with Crippen LogP contribution in [0, 0.1) is 0 Å². The van der Waals surface area contributed by atoms with Crippen LogP contribution in [0.4, 0.5) is 0 Å². The lowest BCUT2D eigenvalue weighted by Crippen LogP contribution is -2.49. The molecular weight excluding hydrogens is 204 g/mol. The summed E-state index contributed by atoms with van der Waals surface area (Å²) in [6, 6.07) is 0. The fourth-order valence-corrected chi connectivity index (χ4v) is 1.27. The van der Waals surface area contributed by atoms with Crippen LogP contribution in [0.5, 0.6) is 0 Å². The van der Waals surface area contributed by atoms with Gasteiger partial charge >= 0.3 is 0 Å². The van der Waals surface area contributed by atoms with Gasteiger partial charge in [-0.2, -0.15) is 0 Å². The topological polar surface area (TPSA) is 69.9 Å². The molecule has 1 saturated heterocycles. The molecule has 0 amide bonds. The average Bonchev–Trinajstić information content (AvgIpc) is 1.93. The first kappa shape index (κ1) is 8.42. The SMILES string of the molecule is OC1COC(O)C(Br)C1O. The second-order valence-electron chi connectivity index (χ2n) is 2.23. The number of hydrogen-bond donors (Lipinski definition) is 3. The third-order valence-electron chi connectivity index (χ3n) is 1.43. The Hall–Kier alpha value is 0.320. The normalized spacial score (nSPS) is 49.2. The molecule has 1 heterocycles. The standard InChI is InChI=1S/C5H9BrO4/c6-3-4(8)2(7)1-10-5(3)9/h2-5,7-9H,1H2. The fraction of sp³-hybridized carbons (Fsp3) is 1.00. The molecule has 0 radical (unpaired) electrons. The average molecular weight is 213 g/mol. The van der Waals surface area contributed by atoms with Gasteiger partial charge in [0.2, 0.25) is 0 Å². The maximum Gasteiger partial charge on any atom is 0.169 e. The Morgan fingerprint density at radius 2 is 1.90 bits per heavy atom. The number of aliphatic hydroxyl groups is 3. The first-order valence-electron chi connectivity index (χ1n) is 2.93. The highest BCUT2D eigenvalue weighted by molar-refractivity contribution is 9.09. The van der Waals surface area contributed by atoms with Gasteiger partial charge in [-0.1, -0.05) is 15.9 Å². The predicted molar refractivity (Wildman–Crippen MR) is 36.7 cm³/mol. The van der Waals surface area contributed by atoms with Crippen molar-refractivity contribution in [1.29, 1.82) is 0 Å². The number of rotatable bonds is 0. The monoisotopic (exact) mass is 212 g/mol. The number of halogens is 1. The largest absolute Gasteiger partial charge is 0.389 e. The van der Waals surface area contributed by atoms with E-state index in [1.165, 1.54) is 0 Å². The van der Waals surface area contributed by atoms with E-state index in [4.69, 9.17) is 15.3 Å². The van der Waals surface area contributed by atoms with E-state index in [-0.39, 0.29) is 6.61 Å². The van der Waals surface area contributed by atoms with Gasteiger partial charge in [0.15, 0.2) is 6.29 Å². The second-order valence-corrected chi connectivity index (χ2v) is 3.28. The molecule has 0 saturated carbocycles. The fourth-order valence-electron chi connectivity index (χ4n) is 0.769. The molecule has 3 N–H and O–H groups in total. The summed E-state index contributed by atoms with van der Waals surface area (Å²) in [6.45, 7) is -0.0234. The third kappa shape index (κ3) is 1.49. The number of ether oxygens (including phenoxy) is 1. The minimum absolute atomic E-state index is 0.0234. The van der Waals surface area contributed by atoms with Crippen molar-refractivity contribution in [3.05, 3.63) is 0 Å². The van der Waals surface area contributed by atoms with Crippen molar-refractivity contribution in [1.82, 2.24) is 0 Å². The zero-order chi connectivity index (χ0) is 7.72. The molecule has 0 spiro atoms. The van der Waals surface area contributed by atoms with Crippen LogP contribution in [0.25, 0.3) is 0 Å². The summed E-state index contributed by atoms with van der Waals surface area (Å²) in [6.07, 6.45) is -2.89. The van der Waals surface area contributed by atoms with E-state index in [0.29, 0.717) is 0 Å². The van der Waals surface area contributed by atoms with Crippen LogP contribution >= 0.6 is 15.9 Å². The van der Waals surface area contributed by atoms with Gasteiger partial charge in [0.25, 0.3) is 0 Å². The Balaban J connectivity index is 2.52. The molecule has 0 aromatic carbocycles. The highest BCUT2D eigenvalue weighted by Crippen LogP contribution is 2.20. The summed E-state index contributed by atoms with van der Waals surface area (Å²) in [5.41, 5.74) is 0. The first-order chi connectivity index (χ1) is 4.63. The lowest BCUT2D eigenvalue weighted by molar-refractivity contribution is -0.186. The molecule has 60 valence electrons. The molecule has 1 rings (SSSR count). The molecule has 0 aromatic rings. The van der Waals surface area contributed by atoms with Crippen LogP contribution < -0.4 is 0 Å². The molecule has 0 aliphatic carbocycles. The highest BCUT2D eigenvalue weighted by Gasteiger charge is 2.35. The van der Waals surface area contributed by atoms with Gasteiger partial charge in [0.1, 0.15) is 6.10 Å². The van der Waals surface area contributed by atoms with Gasteiger partial charge in [0, 0.05) is 0 Å². The quantitative estimate of drug-likeness (QED) is 0.443. The molecule has 10 heavy (non-hydrogen) atoms. The molecule has 4 nitrogen and oxygen atoms in total. The molecule has 1 aliphatic rings. The molecule has 5 heteroatoms. The second kappa shape index (κ2) is 3.15. The van der Waals surface area contributed by atoms with Crippen LogP contribution in [0.1, 0.15) is 0 Å². The van der Waals surface area contributed by atoms with Crippen molar-refractivity contribution in [2.45, 2.75) is 23.3 Å². The first-order valence-corrected chi connectivity index (χ1v) is 3.84. The van der Waals surface area contributed by atoms with Crippen LogP contribution in [0.3, 0.4) is 0 Å². The van der Waals surface area contributed by atoms with Crippen molar-refractivity contribution in [3.8, 4) is 0 Å². The van der Waals surface area contributed by atoms with Crippen molar-refractivity contribution >= 4 is 15.9 Å². The lowest BCUT2D eigenvalue weighted by Gasteiger charge is -2.31. The van der Waals surface area contributed by atoms with Gasteiger partial charge in [-0.05, 0) is 0 Å². The Kier molecular flexibility index (Phi) is 2.65. The summed E-state index contributed by atoms with van der Waals surface area (Å²) in [5, 5.41) is 27.0. The maximum absolute atomic E-state index is 9.08. The summed E-state index contributed by atoms with van der Waals surface area (Å²) in [5.74, 6) is 0. The number of aliphatic hydroxyl groups excluding tert-OH is 3. The van der Waals surface area contributed by atoms with Gasteiger partial charge < -0.3 is 20.1 Å². The van der Waals surface area contributed by atoms with E-state index < -0.39 is 23.3 Å². The number of hydrogen-bond acceptors (Lipinski definition) is 4. The van der Waals surface area contributed by atoms with E-state index >= 15 is 0 Å². The molecule has 0 bridgehead atoms. The summed E-state index contributed by atoms with van der Waals surface area (Å²) in [7, 11) is 0. The van der Waals surface area contributed by atoms with Crippen molar-refractivity contribution < 1.29 is 20.1 Å². The molecule has 4 atom stereocenters. The molecule has 0 aromatic heterocycles. The van der Waals surface area contributed by atoms with Crippen molar-refractivity contribution in [2.75, 3.05) is 6.61 Å². The van der Waals surface area contributed by atoms with E-state index in [0.717, 1.165) is 0 Å². The molecular formula is C5H9BrO4. The van der Waals surface area contributed by atoms with E-state index in [2.05, 4.69) is 20.7 Å². The van der Waals surface area contributed by atoms with Crippen LogP contribution in [0.2, 0.25) is 0 Å². The molecule has 1 aliphatic heterocycles. The molecule has 1 fully saturated rings. The smallest absolute Gasteiger partial charge is 0.169 e. The van der Waals surface area contributed by atoms with Crippen LogP contribution in [-0.2, 0) is 4.74 Å². The predicted octanol–water partition coefficient (Wildman–Crippen LogP) is -1.18. The summed E-state index contributed by atoms with van der Waals surface area (Å²) in [4.78, 5) is -0.601. The number of alkyl halides is 1. The Bertz CT molecular complexity index is 106. The Morgan fingerprint density at radius 3 is 2.40 bits per heavy atom. The van der Waals surface area contributed by atoms with Gasteiger partial charge in [0.05, 0.1) is 17.5 Å². The van der Waals surface area contributed by atoms with Gasteiger partial charge in [-0.15, -0.1) is 0 Å². The van der Waals surface area contributed by atoms with E-state index in [9.17, 15) is 0 Å². The zero-order valence-corrected chi connectivity index (χ0v) is 6.73. The van der Waals surface area contributed by atoms with Gasteiger partial charge in [-0.25, -0.2) is 0 Å². The van der Waals surface area contributed by atoms with Crippen molar-refractivity contribution in [3.63, 3.8) is 0 Å². The van der Waals surface area contributed by atoms with E-state index in [1.54, 1.807) is 0 Å². The van der Waals surface area contributed by atoms with Crippen LogP contribution in [0.15, 0.2) is 0 Å². The zero-order valence-electron chi connectivity index (χ0n) is 5.14. The Labute approximate surface area is 66.6 Å². The highest BCUT2D eigenvalue weighted by atomic mass is 79.9.